The maximum Gasteiger partial charge on any atom is 0.310 e. The summed E-state index contributed by atoms with van der Waals surface area (Å²) in [5.41, 5.74) is 1.53. The topological polar surface area (TPSA) is 121 Å². The summed E-state index contributed by atoms with van der Waals surface area (Å²) in [6, 6.07) is 13.3. The number of methoxy groups -OCH3 is 1. The molecular weight excluding hydrogens is 410 g/mol. The molecule has 0 fully saturated rings. The zero-order valence-corrected chi connectivity index (χ0v) is 16.5. The second-order valence-corrected chi connectivity index (χ2v) is 6.88. The smallest absolute Gasteiger partial charge is 0.310 e. The number of amides is 1. The van der Waals surface area contributed by atoms with Crippen LogP contribution in [0.1, 0.15) is 0 Å². The van der Waals surface area contributed by atoms with Gasteiger partial charge in [0.1, 0.15) is 5.75 Å². The molecule has 4 rings (SSSR count). The highest BCUT2D eigenvalue weighted by Gasteiger charge is 2.17. The normalized spacial score (nSPS) is 10.7. The van der Waals surface area contributed by atoms with Gasteiger partial charge in [0, 0.05) is 17.0 Å². The van der Waals surface area contributed by atoms with E-state index in [-0.39, 0.29) is 17.4 Å². The standard InChI is InChI=1S/C19H15N5O5S/c1-28-13-8-6-12(7-9-13)15-11-30-19-21-18(22-23(15)19)20-17(25)10-29-16-5-3-2-4-14(16)24(26)27/h2-9,11H,10H2,1H3,(H,20,22,25). The van der Waals surface area contributed by atoms with Gasteiger partial charge in [0.15, 0.2) is 12.4 Å². The van der Waals surface area contributed by atoms with E-state index in [4.69, 9.17) is 9.47 Å². The van der Waals surface area contributed by atoms with Crippen molar-refractivity contribution in [2.24, 2.45) is 0 Å². The van der Waals surface area contributed by atoms with Crippen molar-refractivity contribution in [3.63, 3.8) is 0 Å². The molecule has 0 bridgehead atoms. The van der Waals surface area contributed by atoms with E-state index in [2.05, 4.69) is 15.4 Å². The van der Waals surface area contributed by atoms with Crippen molar-refractivity contribution in [3.05, 3.63) is 64.0 Å². The summed E-state index contributed by atoms with van der Waals surface area (Å²) < 4.78 is 12.1. The molecule has 2 aromatic carbocycles. The lowest BCUT2D eigenvalue weighted by Crippen LogP contribution is -2.21. The van der Waals surface area contributed by atoms with Crippen molar-refractivity contribution in [3.8, 4) is 22.8 Å². The van der Waals surface area contributed by atoms with Gasteiger partial charge in [0.2, 0.25) is 4.96 Å². The van der Waals surface area contributed by atoms with Gasteiger partial charge in [-0.3, -0.25) is 20.2 Å². The van der Waals surface area contributed by atoms with Crippen LogP contribution in [0.4, 0.5) is 11.6 Å². The Morgan fingerprint density at radius 2 is 2.00 bits per heavy atom. The maximum atomic E-state index is 12.2. The predicted molar refractivity (Wildman–Crippen MR) is 110 cm³/mol. The first-order chi connectivity index (χ1) is 14.5. The third-order valence-corrected chi connectivity index (χ3v) is 4.96. The number of carbonyl (C=O) groups excluding carboxylic acids is 1. The van der Waals surface area contributed by atoms with Gasteiger partial charge in [-0.05, 0) is 30.3 Å². The van der Waals surface area contributed by atoms with Crippen LogP contribution < -0.4 is 14.8 Å². The van der Waals surface area contributed by atoms with Gasteiger partial charge in [-0.15, -0.1) is 16.4 Å². The number of hydrogen-bond acceptors (Lipinski definition) is 8. The molecule has 0 unspecified atom stereocenters. The number of nitro groups is 1. The molecule has 2 aromatic heterocycles. The molecule has 30 heavy (non-hydrogen) atoms. The predicted octanol–water partition coefficient (Wildman–Crippen LogP) is 3.39. The Morgan fingerprint density at radius 1 is 1.23 bits per heavy atom. The highest BCUT2D eigenvalue weighted by atomic mass is 32.1. The van der Waals surface area contributed by atoms with Gasteiger partial charge >= 0.3 is 5.69 Å². The Labute approximate surface area is 173 Å². The Balaban J connectivity index is 1.46. The zero-order chi connectivity index (χ0) is 21.1. The average molecular weight is 425 g/mol. The fraction of sp³-hybridized carbons (Fsp3) is 0.105. The molecular formula is C19H15N5O5S. The molecule has 0 aliphatic rings. The van der Waals surface area contributed by atoms with Crippen LogP contribution in [0, 0.1) is 10.1 Å². The molecule has 152 valence electrons. The van der Waals surface area contributed by atoms with Gasteiger partial charge in [0.05, 0.1) is 17.7 Å². The molecule has 0 spiro atoms. The molecule has 0 aliphatic carbocycles. The molecule has 0 radical (unpaired) electrons. The van der Waals surface area contributed by atoms with E-state index in [1.807, 2.05) is 29.6 Å². The summed E-state index contributed by atoms with van der Waals surface area (Å²) in [4.78, 5) is 27.5. The van der Waals surface area contributed by atoms with Gasteiger partial charge in [-0.2, -0.15) is 4.98 Å². The third kappa shape index (κ3) is 3.91. The highest BCUT2D eigenvalue weighted by molar-refractivity contribution is 7.15. The van der Waals surface area contributed by atoms with Crippen LogP contribution in [-0.4, -0.2) is 39.1 Å². The fourth-order valence-electron chi connectivity index (χ4n) is 2.73. The largest absolute Gasteiger partial charge is 0.497 e. The number of nitro benzene ring substituents is 1. The number of thiazole rings is 1. The monoisotopic (exact) mass is 425 g/mol. The number of benzene rings is 2. The number of nitrogens with one attached hydrogen (secondary N) is 1. The van der Waals surface area contributed by atoms with Gasteiger partial charge < -0.3 is 9.47 Å². The zero-order valence-electron chi connectivity index (χ0n) is 15.6. The molecule has 0 aliphatic heterocycles. The summed E-state index contributed by atoms with van der Waals surface area (Å²) in [6.07, 6.45) is 0. The Kier molecular flexibility index (Phi) is 5.26. The van der Waals surface area contributed by atoms with Crippen molar-refractivity contribution in [1.29, 1.82) is 0 Å². The molecule has 0 atom stereocenters. The number of aromatic nitrogens is 3. The van der Waals surface area contributed by atoms with Crippen molar-refractivity contribution in [2.45, 2.75) is 0 Å². The SMILES string of the molecule is COc1ccc(-c2csc3nc(NC(=O)COc4ccccc4[N+](=O)[O-])nn23)cc1. The lowest BCUT2D eigenvalue weighted by Gasteiger charge is -2.05. The Hall–Kier alpha value is -3.99. The summed E-state index contributed by atoms with van der Waals surface area (Å²) in [6.45, 7) is -0.414. The van der Waals surface area contributed by atoms with E-state index >= 15 is 0 Å². The summed E-state index contributed by atoms with van der Waals surface area (Å²) >= 11 is 1.38. The van der Waals surface area contributed by atoms with Gasteiger partial charge in [-0.1, -0.05) is 12.1 Å². The molecule has 10 nitrogen and oxygen atoms in total. The second kappa shape index (κ2) is 8.17. The molecule has 0 saturated carbocycles. The van der Waals surface area contributed by atoms with E-state index in [0.29, 0.717) is 4.96 Å². The van der Waals surface area contributed by atoms with Gasteiger partial charge in [-0.25, -0.2) is 4.52 Å². The number of carbonyl (C=O) groups is 1. The quantitative estimate of drug-likeness (QED) is 0.356. The average Bonchev–Trinajstić information content (AvgIpc) is 3.32. The molecule has 1 N–H and O–H groups in total. The van der Waals surface area contributed by atoms with E-state index in [1.165, 1.54) is 29.5 Å². The molecule has 11 heteroatoms. The van der Waals surface area contributed by atoms with Crippen LogP contribution in [0.25, 0.3) is 16.2 Å². The van der Waals surface area contributed by atoms with E-state index in [1.54, 1.807) is 17.7 Å². The van der Waals surface area contributed by atoms with Crippen LogP contribution in [0.15, 0.2) is 53.9 Å². The van der Waals surface area contributed by atoms with Crippen molar-refractivity contribution in [2.75, 3.05) is 19.0 Å². The minimum absolute atomic E-state index is 0.0122. The van der Waals surface area contributed by atoms with Crippen LogP contribution in [0.3, 0.4) is 0 Å². The number of anilines is 1. The second-order valence-electron chi connectivity index (χ2n) is 6.04. The highest BCUT2D eigenvalue weighted by Crippen LogP contribution is 2.28. The van der Waals surface area contributed by atoms with E-state index in [0.717, 1.165) is 17.0 Å². The van der Waals surface area contributed by atoms with Gasteiger partial charge in [0.25, 0.3) is 11.9 Å². The van der Waals surface area contributed by atoms with Crippen LogP contribution in [0.5, 0.6) is 11.5 Å². The van der Waals surface area contributed by atoms with Crippen LogP contribution in [0.2, 0.25) is 0 Å². The van der Waals surface area contributed by atoms with Crippen LogP contribution >= 0.6 is 11.3 Å². The van der Waals surface area contributed by atoms with Crippen molar-refractivity contribution >= 4 is 33.8 Å². The summed E-state index contributed by atoms with van der Waals surface area (Å²) in [7, 11) is 1.60. The minimum Gasteiger partial charge on any atom is -0.497 e. The first-order valence-electron chi connectivity index (χ1n) is 8.70. The fourth-order valence-corrected chi connectivity index (χ4v) is 3.56. The Morgan fingerprint density at radius 3 is 2.73 bits per heavy atom. The minimum atomic E-state index is -0.570. The van der Waals surface area contributed by atoms with Crippen molar-refractivity contribution < 1.29 is 19.2 Å². The molecule has 1 amide bonds. The molecule has 2 heterocycles. The number of ether oxygens (including phenoxy) is 2. The summed E-state index contributed by atoms with van der Waals surface area (Å²) in [5, 5.41) is 19.8. The van der Waals surface area contributed by atoms with E-state index in [9.17, 15) is 14.9 Å². The lowest BCUT2D eigenvalue weighted by molar-refractivity contribution is -0.385. The number of rotatable bonds is 7. The lowest BCUT2D eigenvalue weighted by atomic mass is 10.2. The maximum absolute atomic E-state index is 12.2. The van der Waals surface area contributed by atoms with Crippen molar-refractivity contribution in [1.82, 2.24) is 14.6 Å². The number of fused-ring (bicyclic) bond motifs is 1. The molecule has 0 saturated heterocycles. The first-order valence-corrected chi connectivity index (χ1v) is 9.58. The third-order valence-electron chi connectivity index (χ3n) is 4.14. The first kappa shape index (κ1) is 19.3. The number of hydrogen-bond donors (Lipinski definition) is 1. The van der Waals surface area contributed by atoms with Crippen LogP contribution in [-0.2, 0) is 4.79 Å². The number of nitrogens with zero attached hydrogens (tertiary/aromatic N) is 4. The number of para-hydroxylation sites is 2. The Bertz CT molecular complexity index is 1220. The van der Waals surface area contributed by atoms with E-state index < -0.39 is 17.4 Å². The molecule has 4 aromatic rings. The summed E-state index contributed by atoms with van der Waals surface area (Å²) in [5.74, 6) is 0.346.